The molecule has 0 spiro atoms. The highest BCUT2D eigenvalue weighted by Crippen LogP contribution is 2.03. The molecule has 0 radical (unpaired) electrons. The van der Waals surface area contributed by atoms with Gasteiger partial charge in [0.25, 0.3) is 0 Å². The monoisotopic (exact) mass is 272 g/mol. The third-order valence-corrected chi connectivity index (χ3v) is 3.05. The maximum atomic E-state index is 12.1. The van der Waals surface area contributed by atoms with Crippen LogP contribution in [0.15, 0.2) is 0 Å². The molecule has 5 nitrogen and oxygen atoms in total. The third kappa shape index (κ3) is 6.05. The van der Waals surface area contributed by atoms with E-state index in [1.165, 1.54) is 0 Å². The first-order valence-corrected chi connectivity index (χ1v) is 7.23. The second kappa shape index (κ2) is 9.78. The minimum Gasteiger partial charge on any atom is -0.465 e. The lowest BCUT2D eigenvalue weighted by atomic mass is 10.1. The Morgan fingerprint density at radius 3 is 2.16 bits per heavy atom. The molecule has 0 aromatic heterocycles. The van der Waals surface area contributed by atoms with Crippen LogP contribution >= 0.6 is 0 Å². The number of hydrogen-bond acceptors (Lipinski definition) is 4. The van der Waals surface area contributed by atoms with E-state index in [-0.39, 0.29) is 17.9 Å². The Hall–Kier alpha value is -1.10. The van der Waals surface area contributed by atoms with Gasteiger partial charge in [0.1, 0.15) is 6.04 Å². The molecule has 0 saturated heterocycles. The molecule has 2 unspecified atom stereocenters. The molecule has 0 aliphatic heterocycles. The summed E-state index contributed by atoms with van der Waals surface area (Å²) in [6.45, 7) is 11.2. The first kappa shape index (κ1) is 17.9. The summed E-state index contributed by atoms with van der Waals surface area (Å²) in [6, 6.07) is -0.777. The van der Waals surface area contributed by atoms with E-state index in [2.05, 4.69) is 5.32 Å². The molecular weight excluding hydrogens is 244 g/mol. The van der Waals surface area contributed by atoms with Crippen molar-refractivity contribution in [2.24, 2.45) is 0 Å². The smallest absolute Gasteiger partial charge is 0.323 e. The fourth-order valence-electron chi connectivity index (χ4n) is 1.98. The number of nitrogens with one attached hydrogen (secondary N) is 1. The average molecular weight is 272 g/mol. The molecule has 2 atom stereocenters. The van der Waals surface area contributed by atoms with E-state index < -0.39 is 6.04 Å². The van der Waals surface area contributed by atoms with Crippen molar-refractivity contribution in [1.29, 1.82) is 0 Å². The van der Waals surface area contributed by atoms with Crippen LogP contribution in [0.5, 0.6) is 0 Å². The van der Waals surface area contributed by atoms with Gasteiger partial charge in [0.15, 0.2) is 0 Å². The van der Waals surface area contributed by atoms with E-state index in [0.29, 0.717) is 26.1 Å². The molecule has 0 aliphatic rings. The Kier molecular flexibility index (Phi) is 9.21. The molecule has 5 heteroatoms. The van der Waals surface area contributed by atoms with Crippen molar-refractivity contribution in [1.82, 2.24) is 10.2 Å². The molecule has 1 amide bonds. The average Bonchev–Trinajstić information content (AvgIpc) is 2.39. The summed E-state index contributed by atoms with van der Waals surface area (Å²) >= 11 is 0. The molecule has 19 heavy (non-hydrogen) atoms. The minimum atomic E-state index is -0.403. The van der Waals surface area contributed by atoms with Crippen LogP contribution in [-0.4, -0.2) is 48.6 Å². The van der Waals surface area contributed by atoms with E-state index in [9.17, 15) is 9.59 Å². The van der Waals surface area contributed by atoms with E-state index in [1.807, 2.05) is 20.8 Å². The van der Waals surface area contributed by atoms with Gasteiger partial charge < -0.3 is 9.64 Å². The van der Waals surface area contributed by atoms with Crippen molar-refractivity contribution in [3.05, 3.63) is 0 Å². The Bertz CT molecular complexity index is 278. The molecule has 0 fully saturated rings. The van der Waals surface area contributed by atoms with Crippen LogP contribution in [0.1, 0.15) is 47.5 Å². The highest BCUT2D eigenvalue weighted by atomic mass is 16.5. The maximum Gasteiger partial charge on any atom is 0.323 e. The molecule has 0 rings (SSSR count). The van der Waals surface area contributed by atoms with Crippen LogP contribution < -0.4 is 5.32 Å². The lowest BCUT2D eigenvalue weighted by Gasteiger charge is -2.26. The fourth-order valence-corrected chi connectivity index (χ4v) is 1.98. The minimum absolute atomic E-state index is 0.0235. The summed E-state index contributed by atoms with van der Waals surface area (Å²) in [4.78, 5) is 25.7. The standard InChI is InChI=1S/C14H28N2O3/c1-6-10-12(14(18)19-9-4)15-11(5)13(17)16(7-2)8-3/h11-12,15H,6-10H2,1-5H3. The fraction of sp³-hybridized carbons (Fsp3) is 0.857. The van der Waals surface area contributed by atoms with Gasteiger partial charge >= 0.3 is 5.97 Å². The zero-order valence-corrected chi connectivity index (χ0v) is 12.9. The molecule has 0 bridgehead atoms. The SMILES string of the molecule is CCCC(NC(C)C(=O)N(CC)CC)C(=O)OCC. The highest BCUT2D eigenvalue weighted by Gasteiger charge is 2.25. The summed E-state index contributed by atoms with van der Waals surface area (Å²) in [5.41, 5.74) is 0. The van der Waals surface area contributed by atoms with Gasteiger partial charge in [-0.25, -0.2) is 0 Å². The number of carbonyl (C=O) groups is 2. The van der Waals surface area contributed by atoms with Gasteiger partial charge in [-0.2, -0.15) is 0 Å². The lowest BCUT2D eigenvalue weighted by molar-refractivity contribution is -0.146. The van der Waals surface area contributed by atoms with Crippen LogP contribution in [-0.2, 0) is 14.3 Å². The molecule has 0 aromatic rings. The van der Waals surface area contributed by atoms with Gasteiger partial charge in [-0.15, -0.1) is 0 Å². The maximum absolute atomic E-state index is 12.1. The topological polar surface area (TPSA) is 58.6 Å². The molecule has 1 N–H and O–H groups in total. The summed E-state index contributed by atoms with van der Waals surface area (Å²) < 4.78 is 5.02. The van der Waals surface area contributed by atoms with Crippen molar-refractivity contribution in [2.45, 2.75) is 59.5 Å². The summed E-state index contributed by atoms with van der Waals surface area (Å²) in [5.74, 6) is -0.251. The second-order valence-electron chi connectivity index (χ2n) is 4.49. The van der Waals surface area contributed by atoms with E-state index in [4.69, 9.17) is 4.74 Å². The van der Waals surface area contributed by atoms with Crippen molar-refractivity contribution in [3.63, 3.8) is 0 Å². The van der Waals surface area contributed by atoms with E-state index >= 15 is 0 Å². The predicted octanol–water partition coefficient (Wildman–Crippen LogP) is 1.56. The van der Waals surface area contributed by atoms with Crippen LogP contribution in [0, 0.1) is 0 Å². The zero-order valence-electron chi connectivity index (χ0n) is 12.9. The van der Waals surface area contributed by atoms with Gasteiger partial charge in [-0.1, -0.05) is 13.3 Å². The summed E-state index contributed by atoms with van der Waals surface area (Å²) in [6.07, 6.45) is 1.54. The number of amides is 1. The molecular formula is C14H28N2O3. The number of esters is 1. The number of nitrogens with zero attached hydrogens (tertiary/aromatic N) is 1. The van der Waals surface area contributed by atoms with Crippen LogP contribution in [0.25, 0.3) is 0 Å². The van der Waals surface area contributed by atoms with E-state index in [0.717, 1.165) is 6.42 Å². The lowest BCUT2D eigenvalue weighted by Crippen LogP contribution is -2.51. The molecule has 0 heterocycles. The zero-order chi connectivity index (χ0) is 14.8. The number of hydrogen-bond donors (Lipinski definition) is 1. The Morgan fingerprint density at radius 2 is 1.74 bits per heavy atom. The number of rotatable bonds is 9. The first-order chi connectivity index (χ1) is 9.01. The van der Waals surface area contributed by atoms with Gasteiger partial charge in [0.05, 0.1) is 12.6 Å². The number of carbonyl (C=O) groups excluding carboxylic acids is 2. The second-order valence-corrected chi connectivity index (χ2v) is 4.49. The van der Waals surface area contributed by atoms with Gasteiger partial charge in [0, 0.05) is 13.1 Å². The molecule has 112 valence electrons. The van der Waals surface area contributed by atoms with Crippen LogP contribution in [0.3, 0.4) is 0 Å². The predicted molar refractivity (Wildman–Crippen MR) is 75.9 cm³/mol. The van der Waals surface area contributed by atoms with Crippen LogP contribution in [0.4, 0.5) is 0 Å². The Labute approximate surface area is 116 Å². The molecule has 0 aliphatic carbocycles. The van der Waals surface area contributed by atoms with Crippen molar-refractivity contribution in [3.8, 4) is 0 Å². The van der Waals surface area contributed by atoms with Gasteiger partial charge in [-0.3, -0.25) is 14.9 Å². The molecule has 0 saturated carbocycles. The molecule has 0 aromatic carbocycles. The third-order valence-electron chi connectivity index (χ3n) is 3.05. The van der Waals surface area contributed by atoms with Crippen molar-refractivity contribution in [2.75, 3.05) is 19.7 Å². The largest absolute Gasteiger partial charge is 0.465 e. The number of likely N-dealkylation sites (N-methyl/N-ethyl adjacent to an activating group) is 1. The van der Waals surface area contributed by atoms with Gasteiger partial charge in [0.2, 0.25) is 5.91 Å². The normalized spacial score (nSPS) is 13.7. The Balaban J connectivity index is 4.57. The van der Waals surface area contributed by atoms with Crippen molar-refractivity contribution >= 4 is 11.9 Å². The quantitative estimate of drug-likeness (QED) is 0.647. The number of ether oxygens (including phenoxy) is 1. The van der Waals surface area contributed by atoms with Gasteiger partial charge in [-0.05, 0) is 34.1 Å². The summed E-state index contributed by atoms with van der Waals surface area (Å²) in [7, 11) is 0. The Morgan fingerprint density at radius 1 is 1.16 bits per heavy atom. The van der Waals surface area contributed by atoms with E-state index in [1.54, 1.807) is 18.7 Å². The van der Waals surface area contributed by atoms with Crippen LogP contribution in [0.2, 0.25) is 0 Å². The first-order valence-electron chi connectivity index (χ1n) is 7.23. The highest BCUT2D eigenvalue weighted by molar-refractivity contribution is 5.83. The van der Waals surface area contributed by atoms with Crippen molar-refractivity contribution < 1.29 is 14.3 Å². The summed E-state index contributed by atoms with van der Waals surface area (Å²) in [5, 5.41) is 3.09.